The molecule has 4 nitrogen and oxygen atoms in total. The van der Waals surface area contributed by atoms with Crippen molar-refractivity contribution in [2.75, 3.05) is 13.2 Å². The number of rotatable bonds is 6. The van der Waals surface area contributed by atoms with Crippen LogP contribution in [0.5, 0.6) is 0 Å². The zero-order valence-electron chi connectivity index (χ0n) is 9.18. The molecular weight excluding hydrogens is 194 g/mol. The van der Waals surface area contributed by atoms with Crippen molar-refractivity contribution >= 4 is 0 Å². The van der Waals surface area contributed by atoms with Gasteiger partial charge in [0, 0.05) is 12.6 Å². The second-order valence-corrected chi connectivity index (χ2v) is 3.97. The molecule has 0 aliphatic heterocycles. The second-order valence-electron chi connectivity index (χ2n) is 3.97. The first-order chi connectivity index (χ1) is 7.15. The molecule has 0 spiro atoms. The van der Waals surface area contributed by atoms with Gasteiger partial charge in [0.2, 0.25) is 0 Å². The summed E-state index contributed by atoms with van der Waals surface area (Å²) in [6, 6.07) is 3.48. The highest BCUT2D eigenvalue weighted by Crippen LogP contribution is 2.12. The van der Waals surface area contributed by atoms with Gasteiger partial charge in [-0.2, -0.15) is 0 Å². The van der Waals surface area contributed by atoms with Gasteiger partial charge >= 0.3 is 0 Å². The minimum absolute atomic E-state index is 0.00890. The molecule has 1 unspecified atom stereocenters. The van der Waals surface area contributed by atoms with Gasteiger partial charge in [-0.3, -0.25) is 0 Å². The van der Waals surface area contributed by atoms with Crippen LogP contribution in [0.4, 0.5) is 0 Å². The molecule has 0 radical (unpaired) electrons. The summed E-state index contributed by atoms with van der Waals surface area (Å²) in [4.78, 5) is 0. The molecule has 15 heavy (non-hydrogen) atoms. The lowest BCUT2D eigenvalue weighted by Crippen LogP contribution is -2.39. The van der Waals surface area contributed by atoms with Crippen LogP contribution in [-0.2, 0) is 0 Å². The minimum atomic E-state index is -0.659. The van der Waals surface area contributed by atoms with Crippen LogP contribution in [0, 0.1) is 5.92 Å². The molecule has 0 bridgehead atoms. The number of furan rings is 1. The summed E-state index contributed by atoms with van der Waals surface area (Å²) in [5.41, 5.74) is 0. The van der Waals surface area contributed by atoms with Gasteiger partial charge in [-0.25, -0.2) is 0 Å². The summed E-state index contributed by atoms with van der Waals surface area (Å²) >= 11 is 0. The van der Waals surface area contributed by atoms with Crippen LogP contribution < -0.4 is 5.32 Å². The van der Waals surface area contributed by atoms with Gasteiger partial charge in [0.1, 0.15) is 11.9 Å². The number of aliphatic hydroxyl groups is 2. The molecule has 0 fully saturated rings. The van der Waals surface area contributed by atoms with Gasteiger partial charge in [-0.05, 0) is 18.1 Å². The molecule has 1 aromatic heterocycles. The Balaban J connectivity index is 2.36. The third-order valence-corrected chi connectivity index (χ3v) is 2.45. The summed E-state index contributed by atoms with van der Waals surface area (Å²) in [6.07, 6.45) is 0.873. The summed E-state index contributed by atoms with van der Waals surface area (Å²) in [6.45, 7) is 4.50. The van der Waals surface area contributed by atoms with Gasteiger partial charge in [0.15, 0.2) is 0 Å². The summed E-state index contributed by atoms with van der Waals surface area (Å²) < 4.78 is 5.07. The maximum atomic E-state index is 9.70. The van der Waals surface area contributed by atoms with E-state index >= 15 is 0 Å². The van der Waals surface area contributed by atoms with Gasteiger partial charge in [-0.1, -0.05) is 13.8 Å². The Hall–Kier alpha value is -0.840. The van der Waals surface area contributed by atoms with E-state index in [2.05, 4.69) is 5.32 Å². The Morgan fingerprint density at radius 2 is 2.20 bits per heavy atom. The molecule has 0 saturated carbocycles. The quantitative estimate of drug-likeness (QED) is 0.657. The van der Waals surface area contributed by atoms with Crippen LogP contribution in [0.3, 0.4) is 0 Å². The minimum Gasteiger partial charge on any atom is -0.467 e. The van der Waals surface area contributed by atoms with Crippen LogP contribution in [0.25, 0.3) is 0 Å². The zero-order valence-corrected chi connectivity index (χ0v) is 9.18. The van der Waals surface area contributed by atoms with Crippen molar-refractivity contribution in [2.45, 2.75) is 26.0 Å². The molecule has 0 aliphatic carbocycles. The fourth-order valence-corrected chi connectivity index (χ4v) is 1.36. The smallest absolute Gasteiger partial charge is 0.133 e. The van der Waals surface area contributed by atoms with E-state index < -0.39 is 6.10 Å². The Morgan fingerprint density at radius 1 is 1.47 bits per heavy atom. The third kappa shape index (κ3) is 3.66. The molecule has 0 saturated heterocycles. The van der Waals surface area contributed by atoms with Crippen molar-refractivity contribution < 1.29 is 14.6 Å². The van der Waals surface area contributed by atoms with Gasteiger partial charge < -0.3 is 19.9 Å². The molecule has 0 amide bonds. The van der Waals surface area contributed by atoms with Crippen LogP contribution in [0.15, 0.2) is 22.8 Å². The molecule has 1 heterocycles. The summed E-state index contributed by atoms with van der Waals surface area (Å²) in [7, 11) is 0. The van der Waals surface area contributed by atoms with Crippen molar-refractivity contribution in [3.05, 3.63) is 24.2 Å². The van der Waals surface area contributed by atoms with Crippen LogP contribution in [-0.4, -0.2) is 29.4 Å². The predicted molar refractivity (Wildman–Crippen MR) is 57.4 cm³/mol. The molecule has 1 aromatic rings. The Labute approximate surface area is 89.9 Å². The van der Waals surface area contributed by atoms with Crippen molar-refractivity contribution in [3.63, 3.8) is 0 Å². The highest BCUT2D eigenvalue weighted by atomic mass is 16.4. The maximum Gasteiger partial charge on any atom is 0.133 e. The summed E-state index contributed by atoms with van der Waals surface area (Å²) in [5, 5.41) is 21.9. The molecule has 0 aliphatic rings. The largest absolute Gasteiger partial charge is 0.467 e. The molecule has 2 atom stereocenters. The molecule has 86 valence electrons. The molecule has 1 rings (SSSR count). The van der Waals surface area contributed by atoms with Crippen molar-refractivity contribution in [1.29, 1.82) is 0 Å². The lowest BCUT2D eigenvalue weighted by atomic mass is 10.1. The van der Waals surface area contributed by atoms with E-state index in [4.69, 9.17) is 9.52 Å². The molecule has 4 heteroatoms. The lowest BCUT2D eigenvalue weighted by molar-refractivity contribution is 0.129. The second kappa shape index (κ2) is 5.90. The first-order valence-electron chi connectivity index (χ1n) is 5.21. The summed E-state index contributed by atoms with van der Waals surface area (Å²) in [5.74, 6) is 0.877. The van der Waals surface area contributed by atoms with E-state index in [1.165, 1.54) is 6.26 Å². The highest BCUT2D eigenvalue weighted by molar-refractivity contribution is 5.02. The molecule has 3 N–H and O–H groups in total. The molecule has 0 aromatic carbocycles. The van der Waals surface area contributed by atoms with Crippen LogP contribution >= 0.6 is 0 Å². The normalized spacial score (nSPS) is 15.5. The first-order valence-corrected chi connectivity index (χ1v) is 5.21. The highest BCUT2D eigenvalue weighted by Gasteiger charge is 2.15. The standard InChI is InChI=1S/C11H19NO3/c1-8(2)9(7-13)12-6-10(14)11-4-3-5-15-11/h3-5,8-10,12-14H,6-7H2,1-2H3/t9-,10?/m1/s1. The number of hydrogen-bond donors (Lipinski definition) is 3. The van der Waals surface area contributed by atoms with E-state index in [0.29, 0.717) is 18.2 Å². The Morgan fingerprint density at radius 3 is 2.67 bits per heavy atom. The van der Waals surface area contributed by atoms with E-state index in [-0.39, 0.29) is 12.6 Å². The average molecular weight is 213 g/mol. The monoisotopic (exact) mass is 213 g/mol. The van der Waals surface area contributed by atoms with E-state index in [9.17, 15) is 5.11 Å². The van der Waals surface area contributed by atoms with E-state index in [0.717, 1.165) is 0 Å². The maximum absolute atomic E-state index is 9.70. The first kappa shape index (κ1) is 12.2. The van der Waals surface area contributed by atoms with E-state index in [1.54, 1.807) is 12.1 Å². The average Bonchev–Trinajstić information content (AvgIpc) is 2.70. The fraction of sp³-hybridized carbons (Fsp3) is 0.636. The fourth-order valence-electron chi connectivity index (χ4n) is 1.36. The van der Waals surface area contributed by atoms with Gasteiger partial charge in [0.05, 0.1) is 12.9 Å². The number of aliphatic hydroxyl groups excluding tert-OH is 2. The van der Waals surface area contributed by atoms with Crippen molar-refractivity contribution in [2.24, 2.45) is 5.92 Å². The zero-order chi connectivity index (χ0) is 11.3. The predicted octanol–water partition coefficient (Wildman–Crippen LogP) is 0.919. The van der Waals surface area contributed by atoms with Crippen molar-refractivity contribution in [3.8, 4) is 0 Å². The number of nitrogens with one attached hydrogen (secondary N) is 1. The van der Waals surface area contributed by atoms with Crippen molar-refractivity contribution in [1.82, 2.24) is 5.32 Å². The van der Waals surface area contributed by atoms with Crippen LogP contribution in [0.1, 0.15) is 25.7 Å². The van der Waals surface area contributed by atoms with Gasteiger partial charge in [0.25, 0.3) is 0 Å². The SMILES string of the molecule is CC(C)[C@@H](CO)NCC(O)c1ccco1. The van der Waals surface area contributed by atoms with E-state index in [1.807, 2.05) is 13.8 Å². The Bertz CT molecular complexity index is 259. The Kier molecular flexibility index (Phi) is 4.81. The lowest BCUT2D eigenvalue weighted by Gasteiger charge is -2.21. The van der Waals surface area contributed by atoms with Crippen LogP contribution in [0.2, 0.25) is 0 Å². The van der Waals surface area contributed by atoms with Gasteiger partial charge in [-0.15, -0.1) is 0 Å². The molecular formula is C11H19NO3. The number of hydrogen-bond acceptors (Lipinski definition) is 4. The third-order valence-electron chi connectivity index (χ3n) is 2.45. The topological polar surface area (TPSA) is 65.6 Å².